The van der Waals surface area contributed by atoms with Gasteiger partial charge in [0.25, 0.3) is 5.91 Å². The summed E-state index contributed by atoms with van der Waals surface area (Å²) in [5.74, 6) is -0.0838. The van der Waals surface area contributed by atoms with Crippen molar-refractivity contribution in [2.45, 2.75) is 20.0 Å². The fourth-order valence-corrected chi connectivity index (χ4v) is 1.65. The molecule has 1 aromatic carbocycles. The molecule has 0 radical (unpaired) electrons. The SMILES string of the molecule is COC(C)CNC(=O)c1cc(C)ccc1Br. The molecular formula is C12H16BrNO2. The van der Waals surface area contributed by atoms with E-state index in [0.717, 1.165) is 10.0 Å². The van der Waals surface area contributed by atoms with E-state index in [0.29, 0.717) is 12.1 Å². The molecule has 0 aromatic heterocycles. The Hall–Kier alpha value is -0.870. The zero-order valence-corrected chi connectivity index (χ0v) is 11.3. The molecule has 16 heavy (non-hydrogen) atoms. The van der Waals surface area contributed by atoms with Gasteiger partial charge in [0.1, 0.15) is 0 Å². The first-order chi connectivity index (χ1) is 7.54. The van der Waals surface area contributed by atoms with Crippen molar-refractivity contribution in [2.24, 2.45) is 0 Å². The van der Waals surface area contributed by atoms with E-state index in [1.54, 1.807) is 7.11 Å². The number of rotatable bonds is 4. The van der Waals surface area contributed by atoms with Crippen molar-refractivity contribution >= 4 is 21.8 Å². The summed E-state index contributed by atoms with van der Waals surface area (Å²) >= 11 is 3.36. The lowest BCUT2D eigenvalue weighted by atomic mass is 10.1. The normalized spacial score (nSPS) is 12.2. The molecule has 0 aliphatic rings. The second-order valence-corrected chi connectivity index (χ2v) is 4.59. The zero-order valence-electron chi connectivity index (χ0n) is 9.71. The third-order valence-corrected chi connectivity index (χ3v) is 3.01. The summed E-state index contributed by atoms with van der Waals surface area (Å²) in [5.41, 5.74) is 1.72. The molecule has 4 heteroatoms. The van der Waals surface area contributed by atoms with Gasteiger partial charge in [-0.05, 0) is 41.9 Å². The lowest BCUT2D eigenvalue weighted by molar-refractivity contribution is 0.0869. The first-order valence-corrected chi connectivity index (χ1v) is 5.91. The van der Waals surface area contributed by atoms with Crippen molar-refractivity contribution in [1.29, 1.82) is 0 Å². The standard InChI is InChI=1S/C12H16BrNO2/c1-8-4-5-11(13)10(6-8)12(15)14-7-9(2)16-3/h4-6,9H,7H2,1-3H3,(H,14,15). The molecule has 1 amide bonds. The number of carbonyl (C=O) groups excluding carboxylic acids is 1. The number of methoxy groups -OCH3 is 1. The van der Waals surface area contributed by atoms with Gasteiger partial charge in [-0.25, -0.2) is 0 Å². The minimum absolute atomic E-state index is 0.0209. The Morgan fingerprint density at radius 1 is 1.56 bits per heavy atom. The number of hydrogen-bond donors (Lipinski definition) is 1. The number of benzene rings is 1. The topological polar surface area (TPSA) is 38.3 Å². The molecule has 0 spiro atoms. The van der Waals surface area contributed by atoms with E-state index >= 15 is 0 Å². The molecule has 0 saturated heterocycles. The Labute approximate surface area is 104 Å². The van der Waals surface area contributed by atoms with Gasteiger partial charge >= 0.3 is 0 Å². The van der Waals surface area contributed by atoms with Crippen LogP contribution in [0, 0.1) is 6.92 Å². The quantitative estimate of drug-likeness (QED) is 0.923. The molecule has 0 bridgehead atoms. The first kappa shape index (κ1) is 13.2. The summed E-state index contributed by atoms with van der Waals surface area (Å²) < 4.78 is 5.87. The van der Waals surface area contributed by atoms with Crippen LogP contribution in [0.5, 0.6) is 0 Å². The number of amides is 1. The third-order valence-electron chi connectivity index (χ3n) is 2.32. The Bertz CT molecular complexity index is 379. The number of aryl methyl sites for hydroxylation is 1. The number of carbonyl (C=O) groups is 1. The van der Waals surface area contributed by atoms with Crippen LogP contribution in [0.25, 0.3) is 0 Å². The van der Waals surface area contributed by atoms with E-state index in [1.165, 1.54) is 0 Å². The summed E-state index contributed by atoms with van der Waals surface area (Å²) in [6.45, 7) is 4.38. The second kappa shape index (κ2) is 6.01. The van der Waals surface area contributed by atoms with Crippen molar-refractivity contribution in [3.05, 3.63) is 33.8 Å². The highest BCUT2D eigenvalue weighted by Crippen LogP contribution is 2.17. The summed E-state index contributed by atoms with van der Waals surface area (Å²) in [6.07, 6.45) is 0.0209. The monoisotopic (exact) mass is 285 g/mol. The van der Waals surface area contributed by atoms with E-state index in [-0.39, 0.29) is 12.0 Å². The molecule has 3 nitrogen and oxygen atoms in total. The molecule has 0 aliphatic heterocycles. The maximum absolute atomic E-state index is 11.8. The van der Waals surface area contributed by atoms with Crippen LogP contribution in [-0.4, -0.2) is 25.7 Å². The molecular weight excluding hydrogens is 270 g/mol. The Kier molecular flexibility index (Phi) is 4.96. The predicted molar refractivity (Wildman–Crippen MR) is 67.7 cm³/mol. The summed E-state index contributed by atoms with van der Waals surface area (Å²) in [5, 5.41) is 2.82. The van der Waals surface area contributed by atoms with Crippen molar-refractivity contribution in [2.75, 3.05) is 13.7 Å². The van der Waals surface area contributed by atoms with Crippen LogP contribution in [0.15, 0.2) is 22.7 Å². The van der Waals surface area contributed by atoms with Gasteiger partial charge in [-0.15, -0.1) is 0 Å². The number of ether oxygens (including phenoxy) is 1. The highest BCUT2D eigenvalue weighted by Gasteiger charge is 2.10. The molecule has 1 aromatic rings. The molecule has 88 valence electrons. The first-order valence-electron chi connectivity index (χ1n) is 5.11. The average Bonchev–Trinajstić information content (AvgIpc) is 2.28. The molecule has 1 unspecified atom stereocenters. The van der Waals surface area contributed by atoms with E-state index in [9.17, 15) is 4.79 Å². The van der Waals surface area contributed by atoms with Crippen LogP contribution in [0.3, 0.4) is 0 Å². The van der Waals surface area contributed by atoms with Gasteiger partial charge < -0.3 is 10.1 Å². The van der Waals surface area contributed by atoms with E-state index in [2.05, 4.69) is 21.2 Å². The lowest BCUT2D eigenvalue weighted by Gasteiger charge is -2.11. The average molecular weight is 286 g/mol. The number of hydrogen-bond acceptors (Lipinski definition) is 2. The molecule has 0 saturated carbocycles. The lowest BCUT2D eigenvalue weighted by Crippen LogP contribution is -2.31. The van der Waals surface area contributed by atoms with E-state index < -0.39 is 0 Å². The van der Waals surface area contributed by atoms with Crippen LogP contribution >= 0.6 is 15.9 Å². The van der Waals surface area contributed by atoms with Crippen LogP contribution in [-0.2, 0) is 4.74 Å². The highest BCUT2D eigenvalue weighted by atomic mass is 79.9. The largest absolute Gasteiger partial charge is 0.380 e. The highest BCUT2D eigenvalue weighted by molar-refractivity contribution is 9.10. The maximum Gasteiger partial charge on any atom is 0.252 e. The smallest absolute Gasteiger partial charge is 0.252 e. The van der Waals surface area contributed by atoms with Gasteiger partial charge in [-0.3, -0.25) is 4.79 Å². The molecule has 0 heterocycles. The second-order valence-electron chi connectivity index (χ2n) is 3.74. The van der Waals surface area contributed by atoms with Crippen molar-refractivity contribution in [1.82, 2.24) is 5.32 Å². The fourth-order valence-electron chi connectivity index (χ4n) is 1.23. The maximum atomic E-state index is 11.8. The molecule has 1 N–H and O–H groups in total. The van der Waals surface area contributed by atoms with Gasteiger partial charge in [-0.1, -0.05) is 11.6 Å². The van der Waals surface area contributed by atoms with Gasteiger partial charge in [0.15, 0.2) is 0 Å². The summed E-state index contributed by atoms with van der Waals surface area (Å²) in [7, 11) is 1.62. The number of nitrogens with one attached hydrogen (secondary N) is 1. The van der Waals surface area contributed by atoms with Gasteiger partial charge in [0.05, 0.1) is 11.7 Å². The fraction of sp³-hybridized carbons (Fsp3) is 0.417. The van der Waals surface area contributed by atoms with Crippen LogP contribution in [0.4, 0.5) is 0 Å². The van der Waals surface area contributed by atoms with Gasteiger partial charge in [-0.2, -0.15) is 0 Å². The Morgan fingerprint density at radius 3 is 2.88 bits per heavy atom. The van der Waals surface area contributed by atoms with E-state index in [1.807, 2.05) is 32.0 Å². The zero-order chi connectivity index (χ0) is 12.1. The molecule has 1 rings (SSSR count). The van der Waals surface area contributed by atoms with E-state index in [4.69, 9.17) is 4.74 Å². The molecule has 1 atom stereocenters. The molecule has 0 aliphatic carbocycles. The summed E-state index contributed by atoms with van der Waals surface area (Å²) in [6, 6.07) is 5.69. The van der Waals surface area contributed by atoms with Crippen LogP contribution < -0.4 is 5.32 Å². The van der Waals surface area contributed by atoms with Gasteiger partial charge in [0.2, 0.25) is 0 Å². The van der Waals surface area contributed by atoms with Crippen LogP contribution in [0.1, 0.15) is 22.8 Å². The van der Waals surface area contributed by atoms with Crippen molar-refractivity contribution in [3.8, 4) is 0 Å². The number of halogens is 1. The minimum atomic E-state index is -0.0838. The van der Waals surface area contributed by atoms with Crippen molar-refractivity contribution < 1.29 is 9.53 Å². The Balaban J connectivity index is 2.69. The van der Waals surface area contributed by atoms with Gasteiger partial charge in [0, 0.05) is 18.1 Å². The summed E-state index contributed by atoms with van der Waals surface area (Å²) in [4.78, 5) is 11.8. The molecule has 0 fully saturated rings. The third kappa shape index (κ3) is 3.61. The Morgan fingerprint density at radius 2 is 2.25 bits per heavy atom. The minimum Gasteiger partial charge on any atom is -0.380 e. The van der Waals surface area contributed by atoms with Crippen LogP contribution in [0.2, 0.25) is 0 Å². The predicted octanol–water partition coefficient (Wildman–Crippen LogP) is 2.52. The van der Waals surface area contributed by atoms with Crippen molar-refractivity contribution in [3.63, 3.8) is 0 Å².